The maximum Gasteiger partial charge on any atom is 0.416 e. The lowest BCUT2D eigenvalue weighted by atomic mass is 9.91. The van der Waals surface area contributed by atoms with Gasteiger partial charge in [0.15, 0.2) is 0 Å². The van der Waals surface area contributed by atoms with E-state index in [4.69, 9.17) is 11.6 Å². The van der Waals surface area contributed by atoms with Crippen molar-refractivity contribution in [3.05, 3.63) is 64.7 Å². The quantitative estimate of drug-likeness (QED) is 0.725. The van der Waals surface area contributed by atoms with Gasteiger partial charge in [0.2, 0.25) is 6.41 Å². The summed E-state index contributed by atoms with van der Waals surface area (Å²) in [7, 11) is 0. The highest BCUT2D eigenvalue weighted by Crippen LogP contribution is 2.30. The van der Waals surface area contributed by atoms with Gasteiger partial charge in [-0.15, -0.1) is 0 Å². The van der Waals surface area contributed by atoms with E-state index in [1.807, 2.05) is 0 Å². The minimum absolute atomic E-state index is 0.0379. The number of hydrazone groups is 1. The average Bonchev–Trinajstić information content (AvgIpc) is 3.00. The molecule has 2 aromatic carbocycles. The number of carbonyl (C=O) groups excluding carboxylic acids is 2. The Morgan fingerprint density at radius 2 is 1.79 bits per heavy atom. The van der Waals surface area contributed by atoms with Gasteiger partial charge in [0, 0.05) is 16.3 Å². The predicted molar refractivity (Wildman–Crippen MR) is 103 cm³/mol. The van der Waals surface area contributed by atoms with Crippen molar-refractivity contribution in [1.29, 1.82) is 0 Å². The molecule has 1 aliphatic heterocycles. The number of benzene rings is 2. The predicted octanol–water partition coefficient (Wildman–Crippen LogP) is 4.12. The molecular formula is C19H16ClF3N4O2. The van der Waals surface area contributed by atoms with E-state index in [1.165, 1.54) is 0 Å². The molecule has 0 aromatic heterocycles. The largest absolute Gasteiger partial charge is 0.416 e. The Morgan fingerprint density at radius 3 is 2.34 bits per heavy atom. The highest BCUT2D eigenvalue weighted by molar-refractivity contribution is 6.30. The molecule has 1 atom stereocenters. The first kappa shape index (κ1) is 20.7. The van der Waals surface area contributed by atoms with Gasteiger partial charge in [-0.1, -0.05) is 23.7 Å². The lowest BCUT2D eigenvalue weighted by molar-refractivity contribution is -0.137. The Hall–Kier alpha value is -3.07. The number of hydrogen-bond acceptors (Lipinski definition) is 3. The molecule has 0 bridgehead atoms. The molecule has 0 fully saturated rings. The van der Waals surface area contributed by atoms with Crippen LogP contribution in [0.25, 0.3) is 0 Å². The van der Waals surface area contributed by atoms with Crippen molar-refractivity contribution in [3.63, 3.8) is 0 Å². The van der Waals surface area contributed by atoms with Gasteiger partial charge in [-0.3, -0.25) is 4.79 Å². The smallest absolute Gasteiger partial charge is 0.346 e. The van der Waals surface area contributed by atoms with Crippen LogP contribution in [0.3, 0.4) is 0 Å². The van der Waals surface area contributed by atoms with Gasteiger partial charge in [-0.05, 0) is 43.3 Å². The maximum atomic E-state index is 12.7. The second-order valence-corrected chi connectivity index (χ2v) is 7.05. The third kappa shape index (κ3) is 4.51. The van der Waals surface area contributed by atoms with Gasteiger partial charge >= 0.3 is 12.2 Å². The molecule has 29 heavy (non-hydrogen) atoms. The van der Waals surface area contributed by atoms with Crippen LogP contribution in [0.15, 0.2) is 53.6 Å². The summed E-state index contributed by atoms with van der Waals surface area (Å²) in [5, 5.41) is 11.1. The Balaban J connectivity index is 1.81. The Kier molecular flexibility index (Phi) is 5.52. The van der Waals surface area contributed by atoms with Crippen molar-refractivity contribution in [3.8, 4) is 0 Å². The molecule has 0 spiro atoms. The number of carbonyl (C=O) groups is 2. The first-order valence-corrected chi connectivity index (χ1v) is 8.82. The number of nitrogens with zero attached hydrogens (tertiary/aromatic N) is 2. The summed E-state index contributed by atoms with van der Waals surface area (Å²) in [5.74, 6) is 0. The minimum atomic E-state index is -4.46. The molecule has 10 heteroatoms. The molecule has 1 unspecified atom stereocenters. The fourth-order valence-corrected chi connectivity index (χ4v) is 3.04. The van der Waals surface area contributed by atoms with Crippen molar-refractivity contribution in [1.82, 2.24) is 10.3 Å². The highest BCUT2D eigenvalue weighted by Gasteiger charge is 2.41. The molecule has 152 valence electrons. The van der Waals surface area contributed by atoms with Crippen molar-refractivity contribution >= 4 is 35.4 Å². The Bertz CT molecular complexity index is 945. The van der Waals surface area contributed by atoms with Crippen LogP contribution in [0, 0.1) is 0 Å². The zero-order valence-electron chi connectivity index (χ0n) is 15.1. The molecule has 6 nitrogen and oxygen atoms in total. The molecule has 0 radical (unpaired) electrons. The van der Waals surface area contributed by atoms with E-state index in [1.54, 1.807) is 31.2 Å². The van der Waals surface area contributed by atoms with E-state index >= 15 is 0 Å². The maximum absolute atomic E-state index is 12.7. The second-order valence-electron chi connectivity index (χ2n) is 6.61. The summed E-state index contributed by atoms with van der Waals surface area (Å²) in [6.45, 7) is 1.75. The van der Waals surface area contributed by atoms with E-state index in [0.29, 0.717) is 22.7 Å². The van der Waals surface area contributed by atoms with Gasteiger partial charge < -0.3 is 10.6 Å². The van der Waals surface area contributed by atoms with Crippen LogP contribution in [0.5, 0.6) is 0 Å². The number of nitrogens with one attached hydrogen (secondary N) is 2. The molecule has 0 saturated heterocycles. The first-order valence-electron chi connectivity index (χ1n) is 8.44. The summed E-state index contributed by atoms with van der Waals surface area (Å²) >= 11 is 5.90. The van der Waals surface area contributed by atoms with E-state index in [0.717, 1.165) is 29.3 Å². The summed E-state index contributed by atoms with van der Waals surface area (Å²) in [5.41, 5.74) is -0.474. The number of rotatable bonds is 4. The summed E-state index contributed by atoms with van der Waals surface area (Å²) < 4.78 is 38.0. The molecule has 0 saturated carbocycles. The minimum Gasteiger partial charge on any atom is -0.346 e. The van der Waals surface area contributed by atoms with Crippen LogP contribution in [-0.4, -0.2) is 35.2 Å². The second kappa shape index (κ2) is 7.75. The number of alkyl halides is 3. The third-order valence-corrected chi connectivity index (χ3v) is 4.65. The summed E-state index contributed by atoms with van der Waals surface area (Å²) in [6, 6.07) is 10.2. The third-order valence-electron chi connectivity index (χ3n) is 4.40. The van der Waals surface area contributed by atoms with Crippen LogP contribution in [-0.2, 0) is 11.0 Å². The molecule has 0 aliphatic carbocycles. The normalized spacial score (nSPS) is 18.9. The summed E-state index contributed by atoms with van der Waals surface area (Å²) in [4.78, 5) is 23.6. The molecule has 3 rings (SSSR count). The van der Waals surface area contributed by atoms with Crippen LogP contribution in [0.4, 0.5) is 23.7 Å². The number of hydrogen-bond donors (Lipinski definition) is 2. The standard InChI is InChI=1S/C19H16ClF3N4O2/c1-18(24-11-28)10-27(26-16(18)12-2-6-14(20)7-3-12)17(29)25-15-8-4-13(5-9-15)19(21,22)23/h2-9,11H,10H2,1H3,(H,24,28)(H,25,29). The van der Waals surface area contributed by atoms with Crippen LogP contribution < -0.4 is 10.6 Å². The zero-order chi connectivity index (χ0) is 21.2. The van der Waals surface area contributed by atoms with Crippen LogP contribution >= 0.6 is 11.6 Å². The van der Waals surface area contributed by atoms with Gasteiger partial charge in [0.05, 0.1) is 17.8 Å². The fraction of sp³-hybridized carbons (Fsp3) is 0.211. The molecule has 1 aliphatic rings. The topological polar surface area (TPSA) is 73.8 Å². The first-order chi connectivity index (χ1) is 13.6. The van der Waals surface area contributed by atoms with E-state index in [-0.39, 0.29) is 12.2 Å². The monoisotopic (exact) mass is 424 g/mol. The van der Waals surface area contributed by atoms with Crippen molar-refractivity contribution < 1.29 is 22.8 Å². The van der Waals surface area contributed by atoms with Crippen LogP contribution in [0.2, 0.25) is 5.02 Å². The Labute approximate surface area is 169 Å². The van der Waals surface area contributed by atoms with Gasteiger partial charge in [-0.2, -0.15) is 18.3 Å². The number of amides is 3. The van der Waals surface area contributed by atoms with Crippen molar-refractivity contribution in [2.24, 2.45) is 5.10 Å². The number of urea groups is 1. The fourth-order valence-electron chi connectivity index (χ4n) is 2.92. The molecule has 3 amide bonds. The van der Waals surface area contributed by atoms with Gasteiger partial charge in [0.1, 0.15) is 5.54 Å². The van der Waals surface area contributed by atoms with Gasteiger partial charge in [-0.25, -0.2) is 9.80 Å². The lowest BCUT2D eigenvalue weighted by Gasteiger charge is -2.25. The molecular weight excluding hydrogens is 409 g/mol. The lowest BCUT2D eigenvalue weighted by Crippen LogP contribution is -2.52. The number of halogens is 4. The zero-order valence-corrected chi connectivity index (χ0v) is 15.9. The molecule has 2 aromatic rings. The average molecular weight is 425 g/mol. The SMILES string of the molecule is CC1(NC=O)CN(C(=O)Nc2ccc(C(F)(F)F)cc2)N=C1c1ccc(Cl)cc1. The van der Waals surface area contributed by atoms with E-state index < -0.39 is 23.3 Å². The molecule has 2 N–H and O–H groups in total. The summed E-state index contributed by atoms with van der Waals surface area (Å²) in [6.07, 6.45) is -3.94. The van der Waals surface area contributed by atoms with Crippen molar-refractivity contribution in [2.45, 2.75) is 18.6 Å². The van der Waals surface area contributed by atoms with E-state index in [2.05, 4.69) is 15.7 Å². The Morgan fingerprint density at radius 1 is 1.17 bits per heavy atom. The molecule has 1 heterocycles. The van der Waals surface area contributed by atoms with Crippen LogP contribution in [0.1, 0.15) is 18.1 Å². The highest BCUT2D eigenvalue weighted by atomic mass is 35.5. The van der Waals surface area contributed by atoms with Crippen molar-refractivity contribution in [2.75, 3.05) is 11.9 Å². The number of anilines is 1. The van der Waals surface area contributed by atoms with E-state index in [9.17, 15) is 22.8 Å². The van der Waals surface area contributed by atoms with Gasteiger partial charge in [0.25, 0.3) is 0 Å².